The van der Waals surface area contributed by atoms with E-state index in [1.807, 2.05) is 0 Å². The fraction of sp³-hybridized carbons (Fsp3) is 0.875. The van der Waals surface area contributed by atoms with Crippen LogP contribution in [0.3, 0.4) is 0 Å². The first-order valence-electron chi connectivity index (χ1n) is 8.29. The van der Waals surface area contributed by atoms with Crippen molar-refractivity contribution < 1.29 is 9.59 Å². The van der Waals surface area contributed by atoms with Crippen LogP contribution in [0.4, 0.5) is 0 Å². The summed E-state index contributed by atoms with van der Waals surface area (Å²) in [5.41, 5.74) is 0. The van der Waals surface area contributed by atoms with Gasteiger partial charge in [0.25, 0.3) is 0 Å². The molecule has 2 amide bonds. The van der Waals surface area contributed by atoms with E-state index in [0.717, 1.165) is 51.7 Å². The first-order valence-corrected chi connectivity index (χ1v) is 8.29. The zero-order chi connectivity index (χ0) is 15.4. The summed E-state index contributed by atoms with van der Waals surface area (Å²) in [5, 5.41) is 0. The standard InChI is InChI=1S/C16H29N3O2/c1-13(2)17(3)9-6-7-10-18-12-15(20)19-11-5-4-8-14(19)16(18)21/h13-14H,4-12H2,1-3H3. The third-order valence-electron chi connectivity index (χ3n) is 4.82. The minimum Gasteiger partial charge on any atom is -0.332 e. The van der Waals surface area contributed by atoms with E-state index in [1.165, 1.54) is 0 Å². The highest BCUT2D eigenvalue weighted by atomic mass is 16.2. The van der Waals surface area contributed by atoms with E-state index in [-0.39, 0.29) is 24.4 Å². The van der Waals surface area contributed by atoms with Crippen molar-refractivity contribution in [2.75, 3.05) is 33.2 Å². The number of unbranched alkanes of at least 4 members (excludes halogenated alkanes) is 1. The molecule has 0 spiro atoms. The second-order valence-electron chi connectivity index (χ2n) is 6.64. The van der Waals surface area contributed by atoms with E-state index in [9.17, 15) is 9.59 Å². The van der Waals surface area contributed by atoms with Crippen molar-refractivity contribution in [3.8, 4) is 0 Å². The van der Waals surface area contributed by atoms with E-state index in [2.05, 4.69) is 25.8 Å². The zero-order valence-corrected chi connectivity index (χ0v) is 13.7. The number of fused-ring (bicyclic) bond motifs is 1. The van der Waals surface area contributed by atoms with Crippen molar-refractivity contribution >= 4 is 11.8 Å². The molecule has 0 aliphatic carbocycles. The molecule has 120 valence electrons. The van der Waals surface area contributed by atoms with Gasteiger partial charge < -0.3 is 14.7 Å². The Kier molecular flexibility index (Phi) is 5.62. The first-order chi connectivity index (χ1) is 10.0. The Bertz CT molecular complexity index is 384. The molecule has 1 unspecified atom stereocenters. The number of nitrogens with zero attached hydrogens (tertiary/aromatic N) is 3. The summed E-state index contributed by atoms with van der Waals surface area (Å²) < 4.78 is 0. The van der Waals surface area contributed by atoms with Gasteiger partial charge >= 0.3 is 0 Å². The molecule has 2 heterocycles. The minimum absolute atomic E-state index is 0.138. The van der Waals surface area contributed by atoms with Gasteiger partial charge in [-0.3, -0.25) is 9.59 Å². The molecule has 5 heteroatoms. The molecule has 0 aromatic carbocycles. The Morgan fingerprint density at radius 1 is 1.24 bits per heavy atom. The maximum absolute atomic E-state index is 12.5. The van der Waals surface area contributed by atoms with Crippen LogP contribution in [0.1, 0.15) is 46.0 Å². The molecule has 2 aliphatic rings. The molecule has 0 radical (unpaired) electrons. The van der Waals surface area contributed by atoms with Gasteiger partial charge in [0.05, 0.1) is 6.54 Å². The van der Waals surface area contributed by atoms with Gasteiger partial charge in [-0.15, -0.1) is 0 Å². The van der Waals surface area contributed by atoms with Crippen LogP contribution in [0.15, 0.2) is 0 Å². The van der Waals surface area contributed by atoms with Crippen LogP contribution >= 0.6 is 0 Å². The molecule has 0 N–H and O–H groups in total. The molecule has 0 aromatic heterocycles. The predicted molar refractivity (Wildman–Crippen MR) is 82.9 cm³/mol. The Morgan fingerprint density at radius 3 is 2.71 bits per heavy atom. The maximum Gasteiger partial charge on any atom is 0.245 e. The number of carbonyl (C=O) groups is 2. The monoisotopic (exact) mass is 295 g/mol. The average Bonchev–Trinajstić information content (AvgIpc) is 2.48. The lowest BCUT2D eigenvalue weighted by Crippen LogP contribution is -2.61. The highest BCUT2D eigenvalue weighted by Gasteiger charge is 2.39. The largest absolute Gasteiger partial charge is 0.332 e. The number of carbonyl (C=O) groups excluding carboxylic acids is 2. The lowest BCUT2D eigenvalue weighted by Gasteiger charge is -2.42. The SMILES string of the molecule is CC(C)N(C)CCCCN1CC(=O)N2CCCCC2C1=O. The second-order valence-corrected chi connectivity index (χ2v) is 6.64. The summed E-state index contributed by atoms with van der Waals surface area (Å²) in [6.07, 6.45) is 4.99. The van der Waals surface area contributed by atoms with Crippen molar-refractivity contribution in [3.05, 3.63) is 0 Å². The van der Waals surface area contributed by atoms with E-state index in [0.29, 0.717) is 6.04 Å². The maximum atomic E-state index is 12.5. The van der Waals surface area contributed by atoms with Crippen molar-refractivity contribution in [1.29, 1.82) is 0 Å². The van der Waals surface area contributed by atoms with Crippen molar-refractivity contribution in [3.63, 3.8) is 0 Å². The first kappa shape index (κ1) is 16.3. The van der Waals surface area contributed by atoms with Crippen LogP contribution in [0, 0.1) is 0 Å². The summed E-state index contributed by atoms with van der Waals surface area (Å²) >= 11 is 0. The fourth-order valence-corrected chi connectivity index (χ4v) is 3.14. The average molecular weight is 295 g/mol. The molecule has 2 rings (SSSR count). The van der Waals surface area contributed by atoms with Crippen molar-refractivity contribution in [1.82, 2.24) is 14.7 Å². The summed E-state index contributed by atoms with van der Waals surface area (Å²) in [7, 11) is 2.13. The van der Waals surface area contributed by atoms with Crippen LogP contribution in [-0.4, -0.2) is 71.8 Å². The van der Waals surface area contributed by atoms with Gasteiger partial charge in [-0.05, 0) is 59.5 Å². The third kappa shape index (κ3) is 3.96. The van der Waals surface area contributed by atoms with Crippen molar-refractivity contribution in [2.24, 2.45) is 0 Å². The Balaban J connectivity index is 1.78. The molecule has 2 fully saturated rings. The van der Waals surface area contributed by atoms with Gasteiger partial charge in [-0.1, -0.05) is 0 Å². The van der Waals surface area contributed by atoms with Gasteiger partial charge in [0.2, 0.25) is 11.8 Å². The lowest BCUT2D eigenvalue weighted by atomic mass is 9.98. The second kappa shape index (κ2) is 7.25. The Hall–Kier alpha value is -1.10. The Labute approximate surface area is 128 Å². The molecule has 1 atom stereocenters. The lowest BCUT2D eigenvalue weighted by molar-refractivity contribution is -0.157. The van der Waals surface area contributed by atoms with Gasteiger partial charge in [0.15, 0.2) is 0 Å². The molecule has 0 bridgehead atoms. The Morgan fingerprint density at radius 2 is 2.00 bits per heavy atom. The minimum atomic E-state index is -0.168. The van der Waals surface area contributed by atoms with E-state index < -0.39 is 0 Å². The van der Waals surface area contributed by atoms with E-state index >= 15 is 0 Å². The zero-order valence-electron chi connectivity index (χ0n) is 13.7. The van der Waals surface area contributed by atoms with Crippen molar-refractivity contribution in [2.45, 2.75) is 58.0 Å². The summed E-state index contributed by atoms with van der Waals surface area (Å²) in [6, 6.07) is 0.386. The molecular weight excluding hydrogens is 266 g/mol. The van der Waals surface area contributed by atoms with Gasteiger partial charge in [-0.2, -0.15) is 0 Å². The topological polar surface area (TPSA) is 43.9 Å². The predicted octanol–water partition coefficient (Wildman–Crippen LogP) is 1.33. The van der Waals surface area contributed by atoms with Crippen LogP contribution in [-0.2, 0) is 9.59 Å². The number of rotatable bonds is 6. The molecule has 21 heavy (non-hydrogen) atoms. The molecule has 0 aromatic rings. The number of hydrogen-bond donors (Lipinski definition) is 0. The quantitative estimate of drug-likeness (QED) is 0.694. The van der Waals surface area contributed by atoms with Crippen LogP contribution in [0.25, 0.3) is 0 Å². The molecule has 2 saturated heterocycles. The highest BCUT2D eigenvalue weighted by molar-refractivity contribution is 5.95. The summed E-state index contributed by atoms with van der Waals surface area (Å²) in [5.74, 6) is 0.310. The molecular formula is C16H29N3O2. The van der Waals surface area contributed by atoms with Crippen LogP contribution in [0.2, 0.25) is 0 Å². The molecule has 5 nitrogen and oxygen atoms in total. The highest BCUT2D eigenvalue weighted by Crippen LogP contribution is 2.23. The van der Waals surface area contributed by atoms with Gasteiger partial charge in [0.1, 0.15) is 6.04 Å². The summed E-state index contributed by atoms with van der Waals surface area (Å²) in [6.45, 7) is 7.19. The smallest absolute Gasteiger partial charge is 0.245 e. The third-order valence-corrected chi connectivity index (χ3v) is 4.82. The number of amides is 2. The van der Waals surface area contributed by atoms with Gasteiger partial charge in [-0.25, -0.2) is 0 Å². The number of piperidine rings is 1. The normalized spacial score (nSPS) is 23.2. The number of hydrogen-bond acceptors (Lipinski definition) is 3. The molecule has 2 aliphatic heterocycles. The summed E-state index contributed by atoms with van der Waals surface area (Å²) in [4.78, 5) is 30.5. The number of piperazine rings is 1. The fourth-order valence-electron chi connectivity index (χ4n) is 3.14. The van der Waals surface area contributed by atoms with Crippen LogP contribution in [0.5, 0.6) is 0 Å². The van der Waals surface area contributed by atoms with Crippen LogP contribution < -0.4 is 0 Å². The van der Waals surface area contributed by atoms with E-state index in [1.54, 1.807) is 9.80 Å². The van der Waals surface area contributed by atoms with Gasteiger partial charge in [0, 0.05) is 19.1 Å². The molecule has 0 saturated carbocycles. The van der Waals surface area contributed by atoms with E-state index in [4.69, 9.17) is 0 Å².